The summed E-state index contributed by atoms with van der Waals surface area (Å²) in [7, 11) is -3.83. The Morgan fingerprint density at radius 3 is 2.38 bits per heavy atom. The number of nitrogens with zero attached hydrogens (tertiary/aromatic N) is 2. The zero-order chi connectivity index (χ0) is 18.1. The Bertz CT molecular complexity index is 1030. The summed E-state index contributed by atoms with van der Waals surface area (Å²) >= 11 is 0. The molecule has 0 radical (unpaired) electrons. The van der Waals surface area contributed by atoms with Gasteiger partial charge in [0.15, 0.2) is 0 Å². The van der Waals surface area contributed by atoms with E-state index in [1.165, 1.54) is 6.26 Å². The van der Waals surface area contributed by atoms with Crippen molar-refractivity contribution in [3.63, 3.8) is 0 Å². The third-order valence-electron chi connectivity index (χ3n) is 4.23. The molecule has 1 atom stereocenters. The Labute approximate surface area is 151 Å². The molecule has 1 aliphatic heterocycles. The van der Waals surface area contributed by atoms with Crippen LogP contribution in [-0.2, 0) is 10.0 Å². The van der Waals surface area contributed by atoms with E-state index in [2.05, 4.69) is 5.10 Å². The number of sulfonamides is 1. The lowest BCUT2D eigenvalue weighted by molar-refractivity contribution is 0.320. The van der Waals surface area contributed by atoms with Gasteiger partial charge in [0.1, 0.15) is 17.6 Å². The molecular formula is C19H16N2O4S. The number of aromatic hydroxyl groups is 1. The van der Waals surface area contributed by atoms with E-state index in [4.69, 9.17) is 4.42 Å². The number of benzene rings is 2. The van der Waals surface area contributed by atoms with Crippen molar-refractivity contribution in [2.75, 3.05) is 0 Å². The topological polar surface area (TPSA) is 83.1 Å². The van der Waals surface area contributed by atoms with Gasteiger partial charge < -0.3 is 9.52 Å². The Hall–Kier alpha value is -3.06. The Morgan fingerprint density at radius 1 is 1.00 bits per heavy atom. The zero-order valence-corrected chi connectivity index (χ0v) is 14.5. The minimum atomic E-state index is -3.83. The van der Waals surface area contributed by atoms with Crippen molar-refractivity contribution in [2.45, 2.75) is 17.4 Å². The minimum absolute atomic E-state index is 0.142. The summed E-state index contributed by atoms with van der Waals surface area (Å²) in [5, 5.41) is 13.9. The van der Waals surface area contributed by atoms with Gasteiger partial charge in [0, 0.05) is 6.42 Å². The predicted molar refractivity (Wildman–Crippen MR) is 96.2 cm³/mol. The standard InChI is InChI=1S/C19H16N2O4S/c22-15-10-8-14(9-11-15)17-13-18(19-7-4-12-25-19)21(20-17)26(23,24)16-5-2-1-3-6-16/h1-12,18,22H,13H2/t18-/m0/s1. The average Bonchev–Trinajstić information content (AvgIpc) is 3.33. The Morgan fingerprint density at radius 2 is 1.73 bits per heavy atom. The second-order valence-corrected chi connectivity index (χ2v) is 7.72. The molecule has 3 aromatic rings. The smallest absolute Gasteiger partial charge is 0.279 e. The van der Waals surface area contributed by atoms with E-state index in [-0.39, 0.29) is 10.6 Å². The van der Waals surface area contributed by atoms with Gasteiger partial charge in [0.05, 0.1) is 16.9 Å². The maximum Gasteiger partial charge on any atom is 0.279 e. The monoisotopic (exact) mass is 368 g/mol. The van der Waals surface area contributed by atoms with Gasteiger partial charge in [0.2, 0.25) is 0 Å². The van der Waals surface area contributed by atoms with E-state index >= 15 is 0 Å². The summed E-state index contributed by atoms with van der Waals surface area (Å²) in [5.74, 6) is 0.672. The molecule has 4 rings (SSSR count). The van der Waals surface area contributed by atoms with Crippen molar-refractivity contribution in [1.29, 1.82) is 0 Å². The maximum atomic E-state index is 13.1. The van der Waals surface area contributed by atoms with Crippen LogP contribution >= 0.6 is 0 Å². The molecule has 0 fully saturated rings. The first-order valence-electron chi connectivity index (χ1n) is 8.05. The highest BCUT2D eigenvalue weighted by atomic mass is 32.2. The molecule has 1 aliphatic rings. The van der Waals surface area contributed by atoms with Crippen LogP contribution in [0.1, 0.15) is 23.8 Å². The van der Waals surface area contributed by atoms with Crippen molar-refractivity contribution in [3.8, 4) is 5.75 Å². The van der Waals surface area contributed by atoms with Crippen LogP contribution in [0.2, 0.25) is 0 Å². The number of rotatable bonds is 4. The first-order chi connectivity index (χ1) is 12.6. The Balaban J connectivity index is 1.78. The van der Waals surface area contributed by atoms with Crippen LogP contribution in [0.15, 0.2) is 87.4 Å². The first kappa shape index (κ1) is 16.4. The van der Waals surface area contributed by atoms with E-state index < -0.39 is 16.1 Å². The van der Waals surface area contributed by atoms with Crippen molar-refractivity contribution in [1.82, 2.24) is 4.41 Å². The van der Waals surface area contributed by atoms with Crippen molar-refractivity contribution in [2.24, 2.45) is 5.10 Å². The van der Waals surface area contributed by atoms with E-state index in [1.54, 1.807) is 66.7 Å². The summed E-state index contributed by atoms with van der Waals surface area (Å²) in [5.41, 5.74) is 1.37. The molecule has 2 heterocycles. The summed E-state index contributed by atoms with van der Waals surface area (Å²) in [6, 6.07) is 17.6. The second kappa shape index (κ2) is 6.34. The number of furan rings is 1. The molecule has 0 saturated heterocycles. The fraction of sp³-hybridized carbons (Fsp3) is 0.105. The van der Waals surface area contributed by atoms with Crippen LogP contribution in [0.5, 0.6) is 5.75 Å². The van der Waals surface area contributed by atoms with Crippen LogP contribution in [0, 0.1) is 0 Å². The predicted octanol–water partition coefficient (Wildman–Crippen LogP) is 3.53. The number of phenols is 1. The van der Waals surface area contributed by atoms with E-state index in [9.17, 15) is 13.5 Å². The molecule has 1 N–H and O–H groups in total. The van der Waals surface area contributed by atoms with Crippen LogP contribution in [-0.4, -0.2) is 23.7 Å². The fourth-order valence-corrected chi connectivity index (χ4v) is 4.37. The molecule has 0 aliphatic carbocycles. The third-order valence-corrected chi connectivity index (χ3v) is 5.93. The van der Waals surface area contributed by atoms with Gasteiger partial charge >= 0.3 is 0 Å². The van der Waals surface area contributed by atoms with Gasteiger partial charge in [-0.3, -0.25) is 0 Å². The molecule has 0 unspecified atom stereocenters. The molecule has 0 amide bonds. The van der Waals surface area contributed by atoms with Crippen molar-refractivity contribution >= 4 is 15.7 Å². The van der Waals surface area contributed by atoms with Crippen molar-refractivity contribution in [3.05, 3.63) is 84.3 Å². The van der Waals surface area contributed by atoms with Gasteiger partial charge in [-0.05, 0) is 54.1 Å². The first-order valence-corrected chi connectivity index (χ1v) is 9.49. The number of hydrogen-bond acceptors (Lipinski definition) is 5. The average molecular weight is 368 g/mol. The molecule has 0 saturated carbocycles. The van der Waals surface area contributed by atoms with Gasteiger partial charge in [-0.2, -0.15) is 17.9 Å². The lowest BCUT2D eigenvalue weighted by Gasteiger charge is -2.21. The Kier molecular flexibility index (Phi) is 4.00. The molecule has 6 nitrogen and oxygen atoms in total. The third kappa shape index (κ3) is 2.86. The molecule has 0 spiro atoms. The quantitative estimate of drug-likeness (QED) is 0.764. The van der Waals surface area contributed by atoms with E-state index in [1.807, 2.05) is 0 Å². The lowest BCUT2D eigenvalue weighted by atomic mass is 10.0. The van der Waals surface area contributed by atoms with E-state index in [0.29, 0.717) is 17.9 Å². The summed E-state index contributed by atoms with van der Waals surface area (Å²) in [6.07, 6.45) is 1.89. The molecular weight excluding hydrogens is 352 g/mol. The van der Waals surface area contributed by atoms with Crippen LogP contribution in [0.3, 0.4) is 0 Å². The minimum Gasteiger partial charge on any atom is -0.508 e. The van der Waals surface area contributed by atoms with Gasteiger partial charge in [0.25, 0.3) is 10.0 Å². The summed E-state index contributed by atoms with van der Waals surface area (Å²) in [6.45, 7) is 0. The number of hydrogen-bond donors (Lipinski definition) is 1. The highest BCUT2D eigenvalue weighted by Gasteiger charge is 2.39. The highest BCUT2D eigenvalue weighted by molar-refractivity contribution is 7.89. The van der Waals surface area contributed by atoms with Crippen molar-refractivity contribution < 1.29 is 17.9 Å². The number of hydrazone groups is 1. The largest absolute Gasteiger partial charge is 0.508 e. The molecule has 1 aromatic heterocycles. The SMILES string of the molecule is O=S(=O)(c1ccccc1)N1N=C(c2ccc(O)cc2)C[C@H]1c1ccco1. The van der Waals surface area contributed by atoms with Gasteiger partial charge in [-0.25, -0.2) is 0 Å². The zero-order valence-electron chi connectivity index (χ0n) is 13.7. The van der Waals surface area contributed by atoms with Crippen LogP contribution in [0.25, 0.3) is 0 Å². The highest BCUT2D eigenvalue weighted by Crippen LogP contribution is 2.37. The molecule has 2 aromatic carbocycles. The number of phenolic OH excluding ortho intramolecular Hbond substituents is 1. The van der Waals surface area contributed by atoms with Crippen LogP contribution in [0.4, 0.5) is 0 Å². The molecule has 7 heteroatoms. The molecule has 26 heavy (non-hydrogen) atoms. The van der Waals surface area contributed by atoms with Gasteiger partial charge in [-0.15, -0.1) is 0 Å². The molecule has 0 bridgehead atoms. The second-order valence-electron chi connectivity index (χ2n) is 5.92. The normalized spacial score (nSPS) is 17.3. The van der Waals surface area contributed by atoms with Crippen LogP contribution < -0.4 is 0 Å². The van der Waals surface area contributed by atoms with Gasteiger partial charge in [-0.1, -0.05) is 18.2 Å². The maximum absolute atomic E-state index is 13.1. The molecule has 132 valence electrons. The van der Waals surface area contributed by atoms with E-state index in [0.717, 1.165) is 9.98 Å². The summed E-state index contributed by atoms with van der Waals surface area (Å²) < 4.78 is 32.8. The fourth-order valence-electron chi connectivity index (χ4n) is 2.93. The lowest BCUT2D eigenvalue weighted by Crippen LogP contribution is -2.27. The summed E-state index contributed by atoms with van der Waals surface area (Å²) in [4.78, 5) is 0.173.